The van der Waals surface area contributed by atoms with Crippen LogP contribution in [0.1, 0.15) is 21.5 Å². The average molecular weight is 404 g/mol. The molecule has 0 aliphatic carbocycles. The molecule has 0 bridgehead atoms. The number of morpholine rings is 1. The molecule has 7 heteroatoms. The molecular weight excluding hydrogens is 380 g/mol. The molecule has 0 atom stereocenters. The van der Waals surface area contributed by atoms with Crippen molar-refractivity contribution in [3.05, 3.63) is 64.2 Å². The van der Waals surface area contributed by atoms with Crippen molar-refractivity contribution in [1.82, 2.24) is 0 Å². The van der Waals surface area contributed by atoms with Crippen LogP contribution in [0.25, 0.3) is 0 Å². The number of hydrogen-bond donors (Lipinski definition) is 2. The van der Waals surface area contributed by atoms with Gasteiger partial charge in [0.1, 0.15) is 19.6 Å². The summed E-state index contributed by atoms with van der Waals surface area (Å²) < 4.78 is 10.5. The Labute approximate surface area is 169 Å². The molecule has 148 valence electrons. The lowest BCUT2D eigenvalue weighted by Gasteiger charge is -2.23. The quantitative estimate of drug-likeness (QED) is 0.722. The van der Waals surface area contributed by atoms with Gasteiger partial charge >= 0.3 is 5.97 Å². The topological polar surface area (TPSA) is 69.1 Å². The summed E-state index contributed by atoms with van der Waals surface area (Å²) in [6.45, 7) is 5.96. The summed E-state index contributed by atoms with van der Waals surface area (Å²) in [5.41, 5.74) is 3.06. The first-order valence-corrected chi connectivity index (χ1v) is 9.62. The number of quaternary nitrogens is 1. The van der Waals surface area contributed by atoms with Crippen molar-refractivity contribution in [3.8, 4) is 0 Å². The Morgan fingerprint density at radius 1 is 1.14 bits per heavy atom. The molecule has 1 aliphatic heterocycles. The van der Waals surface area contributed by atoms with Crippen LogP contribution in [0.2, 0.25) is 5.02 Å². The monoisotopic (exact) mass is 403 g/mol. The average Bonchev–Trinajstić information content (AvgIpc) is 2.70. The number of carbonyl (C=O) groups excluding carboxylic acids is 2. The molecule has 0 spiro atoms. The highest BCUT2D eigenvalue weighted by atomic mass is 35.5. The normalized spacial score (nSPS) is 14.5. The van der Waals surface area contributed by atoms with Gasteiger partial charge in [-0.2, -0.15) is 0 Å². The van der Waals surface area contributed by atoms with Crippen molar-refractivity contribution in [1.29, 1.82) is 0 Å². The van der Waals surface area contributed by atoms with Gasteiger partial charge in [0, 0.05) is 16.3 Å². The molecule has 0 radical (unpaired) electrons. The largest absolute Gasteiger partial charge is 0.452 e. The SMILES string of the molecule is Cc1cc(Cl)ccc1NC(=O)COC(=O)c1ccc(C[NH+]2CCOCC2)cc1. The van der Waals surface area contributed by atoms with E-state index in [0.717, 1.165) is 44.0 Å². The lowest BCUT2D eigenvalue weighted by Crippen LogP contribution is -3.12. The second-order valence-corrected chi connectivity index (χ2v) is 7.26. The summed E-state index contributed by atoms with van der Waals surface area (Å²) in [5, 5.41) is 3.31. The molecule has 0 unspecified atom stereocenters. The summed E-state index contributed by atoms with van der Waals surface area (Å²) in [6, 6.07) is 12.5. The Morgan fingerprint density at radius 2 is 1.86 bits per heavy atom. The number of anilines is 1. The summed E-state index contributed by atoms with van der Waals surface area (Å²) in [4.78, 5) is 25.7. The first-order chi connectivity index (χ1) is 13.5. The van der Waals surface area contributed by atoms with Crippen LogP contribution in [0, 0.1) is 6.92 Å². The Balaban J connectivity index is 1.48. The van der Waals surface area contributed by atoms with Crippen LogP contribution >= 0.6 is 11.6 Å². The summed E-state index contributed by atoms with van der Waals surface area (Å²) >= 11 is 5.90. The predicted molar refractivity (Wildman–Crippen MR) is 107 cm³/mol. The number of esters is 1. The van der Waals surface area contributed by atoms with Crippen LogP contribution in [-0.2, 0) is 20.8 Å². The zero-order chi connectivity index (χ0) is 19.9. The van der Waals surface area contributed by atoms with E-state index in [1.807, 2.05) is 19.1 Å². The molecule has 0 saturated carbocycles. The fourth-order valence-electron chi connectivity index (χ4n) is 3.05. The smallest absolute Gasteiger partial charge is 0.338 e. The summed E-state index contributed by atoms with van der Waals surface area (Å²) in [6.07, 6.45) is 0. The van der Waals surface area contributed by atoms with Gasteiger partial charge in [0.2, 0.25) is 0 Å². The summed E-state index contributed by atoms with van der Waals surface area (Å²) in [5.74, 6) is -0.917. The molecule has 3 rings (SSSR count). The number of halogens is 1. The minimum atomic E-state index is -0.520. The molecule has 1 amide bonds. The maximum Gasteiger partial charge on any atom is 0.338 e. The van der Waals surface area contributed by atoms with E-state index in [1.54, 1.807) is 30.3 Å². The van der Waals surface area contributed by atoms with Gasteiger partial charge in [0.15, 0.2) is 6.61 Å². The van der Waals surface area contributed by atoms with E-state index in [9.17, 15) is 9.59 Å². The molecule has 28 heavy (non-hydrogen) atoms. The molecule has 6 nitrogen and oxygen atoms in total. The van der Waals surface area contributed by atoms with Crippen LogP contribution in [0.3, 0.4) is 0 Å². The van der Waals surface area contributed by atoms with Crippen LogP contribution in [0.15, 0.2) is 42.5 Å². The fourth-order valence-corrected chi connectivity index (χ4v) is 3.28. The molecule has 1 saturated heterocycles. The van der Waals surface area contributed by atoms with Crippen molar-refractivity contribution in [2.45, 2.75) is 13.5 Å². The maximum atomic E-state index is 12.2. The van der Waals surface area contributed by atoms with Crippen molar-refractivity contribution in [2.24, 2.45) is 0 Å². The first-order valence-electron chi connectivity index (χ1n) is 9.24. The van der Waals surface area contributed by atoms with E-state index in [2.05, 4.69) is 5.32 Å². The van der Waals surface area contributed by atoms with Crippen molar-refractivity contribution in [3.63, 3.8) is 0 Å². The Morgan fingerprint density at radius 3 is 2.54 bits per heavy atom. The molecule has 0 aromatic heterocycles. The van der Waals surface area contributed by atoms with Crippen molar-refractivity contribution in [2.75, 3.05) is 38.2 Å². The maximum absolute atomic E-state index is 12.2. The molecule has 1 aliphatic rings. The van der Waals surface area contributed by atoms with E-state index in [4.69, 9.17) is 21.1 Å². The Kier molecular flexibility index (Phi) is 7.03. The highest BCUT2D eigenvalue weighted by molar-refractivity contribution is 6.30. The number of hydrogen-bond acceptors (Lipinski definition) is 4. The third kappa shape index (κ3) is 5.79. The Bertz CT molecular complexity index is 833. The molecule has 2 N–H and O–H groups in total. The molecule has 2 aromatic carbocycles. The minimum Gasteiger partial charge on any atom is -0.452 e. The second kappa shape index (κ2) is 9.68. The van der Waals surface area contributed by atoms with Crippen LogP contribution < -0.4 is 10.2 Å². The first kappa shape index (κ1) is 20.3. The van der Waals surface area contributed by atoms with Gasteiger partial charge in [-0.3, -0.25) is 4.79 Å². The van der Waals surface area contributed by atoms with E-state index in [0.29, 0.717) is 16.3 Å². The van der Waals surface area contributed by atoms with E-state index in [1.165, 1.54) is 4.90 Å². The van der Waals surface area contributed by atoms with Gasteiger partial charge in [-0.15, -0.1) is 0 Å². The number of aryl methyl sites for hydroxylation is 1. The molecule has 1 fully saturated rings. The number of ether oxygens (including phenoxy) is 2. The third-order valence-corrected chi connectivity index (χ3v) is 4.88. The number of nitrogens with one attached hydrogen (secondary N) is 2. The Hall–Kier alpha value is -2.41. The van der Waals surface area contributed by atoms with Crippen LogP contribution in [-0.4, -0.2) is 44.8 Å². The zero-order valence-corrected chi connectivity index (χ0v) is 16.6. The van der Waals surface area contributed by atoms with Gasteiger partial charge in [0.25, 0.3) is 5.91 Å². The van der Waals surface area contributed by atoms with Crippen molar-refractivity contribution < 1.29 is 24.0 Å². The highest BCUT2D eigenvalue weighted by Gasteiger charge is 2.15. The number of rotatable bonds is 6. The van der Waals surface area contributed by atoms with Gasteiger partial charge in [0.05, 0.1) is 18.8 Å². The van der Waals surface area contributed by atoms with Gasteiger partial charge in [-0.1, -0.05) is 23.7 Å². The van der Waals surface area contributed by atoms with E-state index >= 15 is 0 Å². The number of benzene rings is 2. The molecular formula is C21H24ClN2O4+. The number of carbonyl (C=O) groups is 2. The fraction of sp³-hybridized carbons (Fsp3) is 0.333. The zero-order valence-electron chi connectivity index (χ0n) is 15.8. The third-order valence-electron chi connectivity index (χ3n) is 4.64. The molecule has 2 aromatic rings. The lowest BCUT2D eigenvalue weighted by molar-refractivity contribution is -0.921. The predicted octanol–water partition coefficient (Wildman–Crippen LogP) is 1.86. The second-order valence-electron chi connectivity index (χ2n) is 6.82. The highest BCUT2D eigenvalue weighted by Crippen LogP contribution is 2.19. The standard InChI is InChI=1S/C21H23ClN2O4/c1-15-12-18(22)6-7-19(15)23-20(25)14-28-21(26)17-4-2-16(3-5-17)13-24-8-10-27-11-9-24/h2-7,12H,8-11,13-14H2,1H3,(H,23,25)/p+1. The van der Waals surface area contributed by atoms with E-state index < -0.39 is 11.9 Å². The lowest BCUT2D eigenvalue weighted by atomic mass is 10.1. The van der Waals surface area contributed by atoms with Crippen LogP contribution in [0.5, 0.6) is 0 Å². The van der Waals surface area contributed by atoms with Gasteiger partial charge < -0.3 is 19.7 Å². The summed E-state index contributed by atoms with van der Waals surface area (Å²) in [7, 11) is 0. The molecule has 1 heterocycles. The van der Waals surface area contributed by atoms with Crippen LogP contribution in [0.4, 0.5) is 5.69 Å². The number of amides is 1. The van der Waals surface area contributed by atoms with Gasteiger partial charge in [-0.05, 0) is 42.8 Å². The van der Waals surface area contributed by atoms with Gasteiger partial charge in [-0.25, -0.2) is 4.79 Å². The van der Waals surface area contributed by atoms with Crippen molar-refractivity contribution >= 4 is 29.2 Å². The minimum absolute atomic E-state index is 0.347. The van der Waals surface area contributed by atoms with E-state index in [-0.39, 0.29) is 6.61 Å².